The van der Waals surface area contributed by atoms with Crippen molar-refractivity contribution >= 4 is 33.6 Å². The minimum absolute atomic E-state index is 0.0830. The average Bonchev–Trinajstić information content (AvgIpc) is 3.24. The van der Waals surface area contributed by atoms with Crippen molar-refractivity contribution in [3.05, 3.63) is 83.7 Å². The number of fused-ring (bicyclic) bond motifs is 2. The number of anilines is 1. The molecule has 0 spiro atoms. The number of carbonyl (C=O) groups is 1. The van der Waals surface area contributed by atoms with Gasteiger partial charge in [0.15, 0.2) is 0 Å². The molecular formula is C33H35N5O2. The maximum Gasteiger partial charge on any atom is 0.263 e. The highest BCUT2D eigenvalue weighted by atomic mass is 16.5. The van der Waals surface area contributed by atoms with Crippen molar-refractivity contribution in [1.82, 2.24) is 20.0 Å². The minimum Gasteiger partial charge on any atom is -0.354 e. The van der Waals surface area contributed by atoms with E-state index in [-0.39, 0.29) is 5.91 Å². The van der Waals surface area contributed by atoms with Crippen molar-refractivity contribution in [2.24, 2.45) is 5.92 Å². The minimum atomic E-state index is 0.0830. The molecule has 5 aromatic rings. The van der Waals surface area contributed by atoms with Crippen molar-refractivity contribution in [1.29, 1.82) is 0 Å². The molecule has 6 rings (SSSR count). The van der Waals surface area contributed by atoms with Crippen LogP contribution < -0.4 is 4.90 Å². The summed E-state index contributed by atoms with van der Waals surface area (Å²) in [4.78, 5) is 27.4. The number of hydrogen-bond acceptors (Lipinski definition) is 6. The van der Waals surface area contributed by atoms with E-state index < -0.39 is 0 Å². The fourth-order valence-electron chi connectivity index (χ4n) is 5.50. The van der Waals surface area contributed by atoms with Gasteiger partial charge in [0.1, 0.15) is 22.7 Å². The number of aryl methyl sites for hydroxylation is 1. The molecule has 1 aliphatic rings. The molecule has 1 aliphatic heterocycles. The lowest BCUT2D eigenvalue weighted by molar-refractivity contribution is 0.0767. The summed E-state index contributed by atoms with van der Waals surface area (Å²) in [5.41, 5.74) is 4.21. The van der Waals surface area contributed by atoms with Crippen LogP contribution in [0.2, 0.25) is 0 Å². The Balaban J connectivity index is 1.35. The summed E-state index contributed by atoms with van der Waals surface area (Å²) in [6, 6.07) is 22.6. The summed E-state index contributed by atoms with van der Waals surface area (Å²) in [6.45, 7) is 9.24. The maximum absolute atomic E-state index is 13.3. The summed E-state index contributed by atoms with van der Waals surface area (Å²) in [7, 11) is 0. The first-order valence-corrected chi connectivity index (χ1v) is 14.3. The molecule has 0 atom stereocenters. The monoisotopic (exact) mass is 533 g/mol. The normalized spacial score (nSPS) is 14.3. The fourth-order valence-corrected chi connectivity index (χ4v) is 5.50. The molecule has 0 aliphatic carbocycles. The van der Waals surface area contributed by atoms with Crippen LogP contribution in [-0.4, -0.2) is 52.1 Å². The Morgan fingerprint density at radius 3 is 2.50 bits per heavy atom. The summed E-state index contributed by atoms with van der Waals surface area (Å²) in [6.07, 6.45) is 2.56. The molecule has 7 nitrogen and oxygen atoms in total. The van der Waals surface area contributed by atoms with E-state index in [9.17, 15) is 4.79 Å². The van der Waals surface area contributed by atoms with Crippen LogP contribution in [0.1, 0.15) is 48.9 Å². The Morgan fingerprint density at radius 1 is 0.925 bits per heavy atom. The van der Waals surface area contributed by atoms with E-state index in [1.165, 1.54) is 10.9 Å². The number of amides is 1. The molecule has 0 unspecified atom stereocenters. The van der Waals surface area contributed by atoms with Gasteiger partial charge in [-0.15, -0.1) is 0 Å². The van der Waals surface area contributed by atoms with Crippen LogP contribution in [0.15, 0.2) is 71.3 Å². The average molecular weight is 534 g/mol. The summed E-state index contributed by atoms with van der Waals surface area (Å²) in [5, 5.41) is 7.65. The Kier molecular flexibility index (Phi) is 7.20. The first kappa shape index (κ1) is 26.0. The van der Waals surface area contributed by atoms with Crippen LogP contribution in [-0.2, 0) is 12.8 Å². The summed E-state index contributed by atoms with van der Waals surface area (Å²) in [5.74, 6) is 2.09. The molecule has 2 aromatic heterocycles. The highest BCUT2D eigenvalue weighted by Crippen LogP contribution is 2.35. The van der Waals surface area contributed by atoms with Gasteiger partial charge in [0.25, 0.3) is 11.6 Å². The molecule has 1 amide bonds. The molecule has 1 fully saturated rings. The summed E-state index contributed by atoms with van der Waals surface area (Å²) < 4.78 is 5.84. The quantitative estimate of drug-likeness (QED) is 0.246. The van der Waals surface area contributed by atoms with E-state index in [0.29, 0.717) is 31.3 Å². The van der Waals surface area contributed by atoms with E-state index in [1.807, 2.05) is 41.3 Å². The van der Waals surface area contributed by atoms with Crippen LogP contribution in [0.4, 0.5) is 5.82 Å². The van der Waals surface area contributed by atoms with Crippen LogP contribution in [0.3, 0.4) is 0 Å². The second-order valence-corrected chi connectivity index (χ2v) is 11.0. The van der Waals surface area contributed by atoms with Gasteiger partial charge in [-0.1, -0.05) is 74.5 Å². The zero-order chi connectivity index (χ0) is 27.6. The highest BCUT2D eigenvalue weighted by Gasteiger charge is 2.26. The third-order valence-electron chi connectivity index (χ3n) is 7.67. The van der Waals surface area contributed by atoms with Gasteiger partial charge in [-0.2, -0.15) is 4.98 Å². The van der Waals surface area contributed by atoms with E-state index >= 15 is 0 Å². The van der Waals surface area contributed by atoms with Gasteiger partial charge < -0.3 is 14.3 Å². The van der Waals surface area contributed by atoms with Gasteiger partial charge in [-0.3, -0.25) is 4.79 Å². The molecule has 3 heterocycles. The second kappa shape index (κ2) is 11.1. The number of aromatic nitrogens is 3. The van der Waals surface area contributed by atoms with Crippen molar-refractivity contribution in [2.45, 2.75) is 40.0 Å². The smallest absolute Gasteiger partial charge is 0.263 e. The lowest BCUT2D eigenvalue weighted by atomic mass is 10.0. The predicted molar refractivity (Wildman–Crippen MR) is 160 cm³/mol. The van der Waals surface area contributed by atoms with Crippen molar-refractivity contribution in [3.8, 4) is 11.3 Å². The number of rotatable bonds is 6. The van der Waals surface area contributed by atoms with Gasteiger partial charge in [-0.25, -0.2) is 4.98 Å². The summed E-state index contributed by atoms with van der Waals surface area (Å²) >= 11 is 0. The molecule has 1 saturated heterocycles. The molecule has 0 saturated carbocycles. The van der Waals surface area contributed by atoms with E-state index in [1.54, 1.807) is 0 Å². The first-order chi connectivity index (χ1) is 19.5. The van der Waals surface area contributed by atoms with Gasteiger partial charge in [-0.05, 0) is 53.3 Å². The molecule has 7 heteroatoms. The second-order valence-electron chi connectivity index (χ2n) is 11.0. The molecule has 0 N–H and O–H groups in total. The van der Waals surface area contributed by atoms with Crippen molar-refractivity contribution in [3.63, 3.8) is 0 Å². The predicted octanol–water partition coefficient (Wildman–Crippen LogP) is 6.55. The number of hydrogen-bond donors (Lipinski definition) is 0. The lowest BCUT2D eigenvalue weighted by Crippen LogP contribution is -2.35. The number of benzene rings is 3. The van der Waals surface area contributed by atoms with E-state index in [0.717, 1.165) is 65.0 Å². The third kappa shape index (κ3) is 5.16. The van der Waals surface area contributed by atoms with Crippen LogP contribution in [0, 0.1) is 5.92 Å². The third-order valence-corrected chi connectivity index (χ3v) is 7.67. The van der Waals surface area contributed by atoms with Gasteiger partial charge in [0, 0.05) is 43.7 Å². The number of nitrogens with zero attached hydrogens (tertiary/aromatic N) is 5. The molecule has 40 heavy (non-hydrogen) atoms. The zero-order valence-corrected chi connectivity index (χ0v) is 23.4. The standard InChI is InChI=1S/C33H35N5O2/c1-4-23-10-12-25(13-11-23)33(39)38-17-7-16-37(18-19-38)31-29-30(27-15-14-24-8-5-6-9-26(24)21-27)36-40-32(29)35-28(34-31)20-22(2)3/h5-6,8-15,21-22H,4,7,16-20H2,1-3H3. The van der Waals surface area contributed by atoms with E-state index in [2.05, 4.69) is 61.2 Å². The van der Waals surface area contributed by atoms with Gasteiger partial charge in [0.2, 0.25) is 0 Å². The van der Waals surface area contributed by atoms with E-state index in [4.69, 9.17) is 14.5 Å². The first-order valence-electron chi connectivity index (χ1n) is 14.3. The lowest BCUT2D eigenvalue weighted by Gasteiger charge is -2.24. The van der Waals surface area contributed by atoms with Crippen molar-refractivity contribution in [2.75, 3.05) is 31.1 Å². The van der Waals surface area contributed by atoms with Crippen LogP contribution in [0.5, 0.6) is 0 Å². The van der Waals surface area contributed by atoms with Crippen molar-refractivity contribution < 1.29 is 9.32 Å². The maximum atomic E-state index is 13.3. The number of carbonyl (C=O) groups excluding carboxylic acids is 1. The molecule has 3 aromatic carbocycles. The SMILES string of the molecule is CCc1ccc(C(=O)N2CCCN(c3nc(CC(C)C)nc4onc(-c5ccc6ccccc6c5)c34)CC2)cc1. The molecule has 204 valence electrons. The molecular weight excluding hydrogens is 498 g/mol. The molecule has 0 bridgehead atoms. The van der Waals surface area contributed by atoms with Crippen LogP contribution >= 0.6 is 0 Å². The zero-order valence-electron chi connectivity index (χ0n) is 23.4. The largest absolute Gasteiger partial charge is 0.354 e. The Bertz CT molecular complexity index is 1660. The van der Waals surface area contributed by atoms with Gasteiger partial charge >= 0.3 is 0 Å². The fraction of sp³-hybridized carbons (Fsp3) is 0.333. The Labute approximate surface area is 234 Å². The molecule has 0 radical (unpaired) electrons. The van der Waals surface area contributed by atoms with Crippen LogP contribution in [0.25, 0.3) is 33.1 Å². The van der Waals surface area contributed by atoms with Gasteiger partial charge in [0.05, 0.1) is 0 Å². The Morgan fingerprint density at radius 2 is 1.73 bits per heavy atom. The topological polar surface area (TPSA) is 75.4 Å². The Hall–Kier alpha value is -4.26. The highest BCUT2D eigenvalue weighted by molar-refractivity contribution is 6.00.